The van der Waals surface area contributed by atoms with Crippen LogP contribution in [0.25, 0.3) is 0 Å². The van der Waals surface area contributed by atoms with Crippen LogP contribution < -0.4 is 16.6 Å². The molecule has 18 heavy (non-hydrogen) atoms. The van der Waals surface area contributed by atoms with Crippen molar-refractivity contribution in [2.75, 3.05) is 13.2 Å². The second-order valence-electron chi connectivity index (χ2n) is 3.78. The number of hydrogen-bond acceptors (Lipinski definition) is 5. The van der Waals surface area contributed by atoms with Crippen molar-refractivity contribution >= 4 is 5.97 Å². The maximum atomic E-state index is 11.6. The van der Waals surface area contributed by atoms with Crippen LogP contribution in [0.1, 0.15) is 12.6 Å². The number of rotatable bonds is 5. The fourth-order valence-corrected chi connectivity index (χ4v) is 1.45. The van der Waals surface area contributed by atoms with E-state index in [1.165, 1.54) is 17.7 Å². The third kappa shape index (κ3) is 3.30. The summed E-state index contributed by atoms with van der Waals surface area (Å²) in [4.78, 5) is 34.1. The minimum absolute atomic E-state index is 0.0389. The molecule has 0 aliphatic rings. The molecule has 1 rings (SSSR count). The summed E-state index contributed by atoms with van der Waals surface area (Å²) in [5.74, 6) is -0.369. The number of carbonyl (C=O) groups excluding carboxylic acids is 1. The average Bonchev–Trinajstić information content (AvgIpc) is 2.33. The van der Waals surface area contributed by atoms with Crippen molar-refractivity contribution in [1.29, 1.82) is 0 Å². The smallest absolute Gasteiger partial charge is 0.330 e. The third-order valence-corrected chi connectivity index (χ3v) is 2.51. The van der Waals surface area contributed by atoms with Gasteiger partial charge in [-0.1, -0.05) is 0 Å². The standard InChI is InChI=1S/C11H17N3O4/c1-4-18-10(16)7-12-6-8-5-9(15)14(3)11(17)13(8)2/h5,12H,4,6-7H2,1-3H3. The van der Waals surface area contributed by atoms with E-state index in [0.29, 0.717) is 12.3 Å². The predicted octanol–water partition coefficient (Wildman–Crippen LogP) is -1.26. The summed E-state index contributed by atoms with van der Waals surface area (Å²) in [7, 11) is 2.99. The molecule has 0 radical (unpaired) electrons. The van der Waals surface area contributed by atoms with Gasteiger partial charge in [0.2, 0.25) is 0 Å². The summed E-state index contributed by atoms with van der Waals surface area (Å²) in [5.41, 5.74) is -0.242. The molecular formula is C11H17N3O4. The molecule has 0 aliphatic carbocycles. The van der Waals surface area contributed by atoms with E-state index in [1.54, 1.807) is 14.0 Å². The van der Waals surface area contributed by atoms with Crippen LogP contribution in [-0.4, -0.2) is 28.3 Å². The van der Waals surface area contributed by atoms with Gasteiger partial charge in [0.25, 0.3) is 5.56 Å². The van der Waals surface area contributed by atoms with Crippen molar-refractivity contribution in [2.24, 2.45) is 14.1 Å². The van der Waals surface area contributed by atoms with Gasteiger partial charge < -0.3 is 10.1 Å². The first-order valence-corrected chi connectivity index (χ1v) is 5.59. The summed E-state index contributed by atoms with van der Waals surface area (Å²) in [5, 5.41) is 2.82. The Morgan fingerprint density at radius 1 is 1.33 bits per heavy atom. The Labute approximate surface area is 104 Å². The Morgan fingerprint density at radius 3 is 2.61 bits per heavy atom. The fourth-order valence-electron chi connectivity index (χ4n) is 1.45. The Balaban J connectivity index is 2.72. The number of esters is 1. The van der Waals surface area contributed by atoms with Crippen LogP contribution in [0.5, 0.6) is 0 Å². The fraction of sp³-hybridized carbons (Fsp3) is 0.545. The summed E-state index contributed by atoms with van der Waals surface area (Å²) in [6.45, 7) is 2.34. The average molecular weight is 255 g/mol. The van der Waals surface area contributed by atoms with Crippen molar-refractivity contribution in [3.63, 3.8) is 0 Å². The minimum atomic E-state index is -0.393. The largest absolute Gasteiger partial charge is 0.465 e. The highest BCUT2D eigenvalue weighted by Gasteiger charge is 2.06. The second kappa shape index (κ2) is 6.15. The Morgan fingerprint density at radius 2 is 2.00 bits per heavy atom. The van der Waals surface area contributed by atoms with Crippen LogP contribution in [0.4, 0.5) is 0 Å². The number of nitrogens with one attached hydrogen (secondary N) is 1. The Bertz CT molecular complexity index is 544. The quantitative estimate of drug-likeness (QED) is 0.664. The SMILES string of the molecule is CCOC(=O)CNCc1cc(=O)n(C)c(=O)n1C. The number of ether oxygens (including phenoxy) is 1. The molecule has 0 atom stereocenters. The molecule has 1 N–H and O–H groups in total. The van der Waals surface area contributed by atoms with E-state index in [9.17, 15) is 14.4 Å². The molecule has 0 saturated heterocycles. The van der Waals surface area contributed by atoms with Crippen LogP contribution in [0.2, 0.25) is 0 Å². The van der Waals surface area contributed by atoms with Gasteiger partial charge in [0.05, 0.1) is 13.2 Å². The van der Waals surface area contributed by atoms with Crippen molar-refractivity contribution in [2.45, 2.75) is 13.5 Å². The first-order valence-electron chi connectivity index (χ1n) is 5.59. The zero-order valence-corrected chi connectivity index (χ0v) is 10.7. The van der Waals surface area contributed by atoms with Crippen molar-refractivity contribution in [3.05, 3.63) is 32.6 Å². The number of nitrogens with zero attached hydrogens (tertiary/aromatic N) is 2. The molecule has 1 aromatic rings. The van der Waals surface area contributed by atoms with Gasteiger partial charge in [-0.05, 0) is 6.92 Å². The molecule has 0 saturated carbocycles. The topological polar surface area (TPSA) is 82.3 Å². The first kappa shape index (κ1) is 14.2. The Hall–Kier alpha value is -1.89. The van der Waals surface area contributed by atoms with E-state index < -0.39 is 5.69 Å². The summed E-state index contributed by atoms with van der Waals surface area (Å²) < 4.78 is 7.12. The maximum absolute atomic E-state index is 11.6. The zero-order valence-electron chi connectivity index (χ0n) is 10.7. The van der Waals surface area contributed by atoms with Gasteiger partial charge >= 0.3 is 11.7 Å². The van der Waals surface area contributed by atoms with Gasteiger partial charge in [-0.15, -0.1) is 0 Å². The number of hydrogen-bond donors (Lipinski definition) is 1. The molecule has 7 nitrogen and oxygen atoms in total. The summed E-state index contributed by atoms with van der Waals surface area (Å²) in [6.07, 6.45) is 0. The molecule has 0 unspecified atom stereocenters. The number of aromatic nitrogens is 2. The molecule has 0 aromatic carbocycles. The van der Waals surface area contributed by atoms with Gasteiger partial charge in [-0.2, -0.15) is 0 Å². The lowest BCUT2D eigenvalue weighted by Crippen LogP contribution is -2.39. The van der Waals surface area contributed by atoms with E-state index in [2.05, 4.69) is 5.32 Å². The molecule has 100 valence electrons. The molecule has 0 aliphatic heterocycles. The van der Waals surface area contributed by atoms with Gasteiger partial charge in [-0.3, -0.25) is 18.7 Å². The van der Waals surface area contributed by atoms with E-state index in [4.69, 9.17) is 4.74 Å². The normalized spacial score (nSPS) is 10.4. The van der Waals surface area contributed by atoms with E-state index in [-0.39, 0.29) is 24.6 Å². The summed E-state index contributed by atoms with van der Waals surface area (Å²) in [6, 6.07) is 1.36. The highest BCUT2D eigenvalue weighted by molar-refractivity contribution is 5.71. The van der Waals surface area contributed by atoms with Crippen molar-refractivity contribution in [3.8, 4) is 0 Å². The van der Waals surface area contributed by atoms with E-state index >= 15 is 0 Å². The van der Waals surface area contributed by atoms with E-state index in [1.807, 2.05) is 0 Å². The Kier molecular flexibility index (Phi) is 4.85. The monoisotopic (exact) mass is 255 g/mol. The lowest BCUT2D eigenvalue weighted by atomic mass is 10.4. The first-order chi connectivity index (χ1) is 8.47. The van der Waals surface area contributed by atoms with Crippen LogP contribution in [0.3, 0.4) is 0 Å². The molecule has 7 heteroatoms. The van der Waals surface area contributed by atoms with Crippen molar-refractivity contribution in [1.82, 2.24) is 14.5 Å². The predicted molar refractivity (Wildman–Crippen MR) is 65.3 cm³/mol. The van der Waals surface area contributed by atoms with Crippen LogP contribution in [0, 0.1) is 0 Å². The molecular weight excluding hydrogens is 238 g/mol. The molecule has 1 aromatic heterocycles. The van der Waals surface area contributed by atoms with Gasteiger partial charge in [-0.25, -0.2) is 4.79 Å². The van der Waals surface area contributed by atoms with Crippen LogP contribution in [0.15, 0.2) is 15.7 Å². The van der Waals surface area contributed by atoms with Crippen molar-refractivity contribution < 1.29 is 9.53 Å². The van der Waals surface area contributed by atoms with Gasteiger partial charge in [0, 0.05) is 32.4 Å². The van der Waals surface area contributed by atoms with Gasteiger partial charge in [0.1, 0.15) is 0 Å². The molecule has 0 bridgehead atoms. The molecule has 0 fully saturated rings. The number of carbonyl (C=O) groups is 1. The molecule has 1 heterocycles. The zero-order chi connectivity index (χ0) is 13.7. The second-order valence-corrected chi connectivity index (χ2v) is 3.78. The van der Waals surface area contributed by atoms with Crippen LogP contribution >= 0.6 is 0 Å². The third-order valence-electron chi connectivity index (χ3n) is 2.51. The van der Waals surface area contributed by atoms with Gasteiger partial charge in [0.15, 0.2) is 0 Å². The minimum Gasteiger partial charge on any atom is -0.465 e. The summed E-state index contributed by atoms with van der Waals surface area (Å²) >= 11 is 0. The van der Waals surface area contributed by atoms with E-state index in [0.717, 1.165) is 4.57 Å². The maximum Gasteiger partial charge on any atom is 0.330 e. The molecule has 0 spiro atoms. The lowest BCUT2D eigenvalue weighted by Gasteiger charge is -2.10. The lowest BCUT2D eigenvalue weighted by molar-refractivity contribution is -0.142. The highest BCUT2D eigenvalue weighted by atomic mass is 16.5. The molecule has 0 amide bonds. The highest BCUT2D eigenvalue weighted by Crippen LogP contribution is 1.89. The van der Waals surface area contributed by atoms with Crippen LogP contribution in [-0.2, 0) is 30.2 Å².